The van der Waals surface area contributed by atoms with Crippen LogP contribution >= 0.6 is 11.6 Å². The van der Waals surface area contributed by atoms with Crippen LogP contribution in [0.5, 0.6) is 5.75 Å². The molecule has 2 aromatic heterocycles. The van der Waals surface area contributed by atoms with Gasteiger partial charge in [0.25, 0.3) is 0 Å². The number of aromatic nitrogens is 3. The third kappa shape index (κ3) is 6.42. The van der Waals surface area contributed by atoms with Crippen LogP contribution in [0.25, 0.3) is 0 Å². The van der Waals surface area contributed by atoms with E-state index in [1.54, 1.807) is 24.3 Å². The van der Waals surface area contributed by atoms with Gasteiger partial charge in [-0.05, 0) is 56.9 Å². The highest BCUT2D eigenvalue weighted by atomic mass is 35.5. The van der Waals surface area contributed by atoms with Crippen LogP contribution in [0.3, 0.4) is 0 Å². The van der Waals surface area contributed by atoms with Crippen LogP contribution in [0.1, 0.15) is 37.1 Å². The minimum atomic E-state index is -5.33. The summed E-state index contributed by atoms with van der Waals surface area (Å²) in [4.78, 5) is 28.9. The molecule has 2 N–H and O–H groups in total. The van der Waals surface area contributed by atoms with Crippen LogP contribution in [0.2, 0.25) is 5.02 Å². The number of hydrogen-bond acceptors (Lipinski definition) is 7. The van der Waals surface area contributed by atoms with Gasteiger partial charge in [0.05, 0.1) is 16.5 Å². The molecule has 0 spiro atoms. The number of hydrogen-bond donors (Lipinski definition) is 2. The smallest absolute Gasteiger partial charge is 0.487 e. The first-order chi connectivity index (χ1) is 17.9. The summed E-state index contributed by atoms with van der Waals surface area (Å²) < 4.78 is 62.8. The predicted molar refractivity (Wildman–Crippen MR) is 128 cm³/mol. The lowest BCUT2D eigenvalue weighted by Crippen LogP contribution is -2.43. The van der Waals surface area contributed by atoms with Gasteiger partial charge in [-0.3, -0.25) is 9.89 Å². The first-order valence-electron chi connectivity index (χ1n) is 11.6. The van der Waals surface area contributed by atoms with Crippen molar-refractivity contribution in [1.82, 2.24) is 15.2 Å². The van der Waals surface area contributed by atoms with Crippen molar-refractivity contribution in [2.45, 2.75) is 51.3 Å². The summed E-state index contributed by atoms with van der Waals surface area (Å²) in [5.74, 6) is -3.78. The zero-order valence-electron chi connectivity index (χ0n) is 20.1. The van der Waals surface area contributed by atoms with Crippen molar-refractivity contribution in [3.05, 3.63) is 64.7 Å². The molecular weight excluding hydrogens is 532 g/mol. The summed E-state index contributed by atoms with van der Waals surface area (Å²) in [5.41, 5.74) is -0.280. The number of anilines is 2. The number of alkyl halides is 3. The second kappa shape index (κ2) is 11.0. The van der Waals surface area contributed by atoms with Gasteiger partial charge < -0.3 is 14.8 Å². The molecule has 1 aromatic carbocycles. The molecular formula is C25H23ClF4N4O4. The number of halogens is 5. The number of pyridine rings is 1. The van der Waals surface area contributed by atoms with Crippen molar-refractivity contribution in [1.29, 1.82) is 0 Å². The molecule has 1 aliphatic carbocycles. The first-order valence-corrected chi connectivity index (χ1v) is 12.0. The van der Waals surface area contributed by atoms with Crippen LogP contribution in [-0.4, -0.2) is 39.4 Å². The van der Waals surface area contributed by atoms with Gasteiger partial charge in [-0.25, -0.2) is 14.2 Å². The Hall–Kier alpha value is -3.67. The Bertz CT molecular complexity index is 1320. The number of aromatic amines is 1. The fourth-order valence-corrected chi connectivity index (χ4v) is 4.49. The van der Waals surface area contributed by atoms with E-state index in [1.807, 2.05) is 6.92 Å². The minimum Gasteiger partial charge on any atom is -0.487 e. The molecule has 0 aliphatic heterocycles. The summed E-state index contributed by atoms with van der Waals surface area (Å²) in [6.07, 6.45) is -5.55. The SMILES string of the molecule is Cc1cc(Nc2cccc(CC3(C(=O)OC(=O)C(F)(F)F)CCC(Oc4cccc(Cl)c4F)CC3)n2)n[nH]1. The summed E-state index contributed by atoms with van der Waals surface area (Å²) in [6.45, 7) is 1.82. The van der Waals surface area contributed by atoms with Crippen molar-refractivity contribution in [3.8, 4) is 5.75 Å². The van der Waals surface area contributed by atoms with Crippen molar-refractivity contribution < 1.29 is 36.6 Å². The molecule has 0 bridgehead atoms. The van der Waals surface area contributed by atoms with Gasteiger partial charge in [0.15, 0.2) is 17.4 Å². The lowest BCUT2D eigenvalue weighted by molar-refractivity contribution is -0.206. The molecule has 1 saturated carbocycles. The Balaban J connectivity index is 1.53. The van der Waals surface area contributed by atoms with E-state index in [2.05, 4.69) is 25.2 Å². The molecule has 0 amide bonds. The number of carbonyl (C=O) groups is 2. The van der Waals surface area contributed by atoms with Crippen LogP contribution in [0.15, 0.2) is 42.5 Å². The maximum absolute atomic E-state index is 14.3. The van der Waals surface area contributed by atoms with Gasteiger partial charge in [0.2, 0.25) is 0 Å². The van der Waals surface area contributed by atoms with Gasteiger partial charge >= 0.3 is 18.1 Å². The van der Waals surface area contributed by atoms with Gasteiger partial charge in [-0.1, -0.05) is 23.7 Å². The number of esters is 2. The monoisotopic (exact) mass is 554 g/mol. The molecule has 13 heteroatoms. The number of aryl methyl sites for hydroxylation is 1. The van der Waals surface area contributed by atoms with E-state index in [-0.39, 0.29) is 42.9 Å². The highest BCUT2D eigenvalue weighted by molar-refractivity contribution is 6.30. The van der Waals surface area contributed by atoms with Crippen LogP contribution in [0, 0.1) is 18.2 Å². The van der Waals surface area contributed by atoms with Crippen molar-refractivity contribution in [2.75, 3.05) is 5.32 Å². The Morgan fingerprint density at radius 3 is 2.53 bits per heavy atom. The Labute approximate surface area is 219 Å². The number of rotatable bonds is 7. The highest BCUT2D eigenvalue weighted by Gasteiger charge is 2.49. The molecule has 38 heavy (non-hydrogen) atoms. The average Bonchev–Trinajstić information content (AvgIpc) is 3.27. The number of nitrogens with one attached hydrogen (secondary N) is 2. The van der Waals surface area contributed by atoms with Crippen LogP contribution in [-0.2, 0) is 20.7 Å². The summed E-state index contributed by atoms with van der Waals surface area (Å²) in [5, 5.41) is 9.73. The van der Waals surface area contributed by atoms with E-state index in [0.29, 0.717) is 17.3 Å². The molecule has 0 unspecified atom stereocenters. The minimum absolute atomic E-state index is 0.0156. The molecule has 8 nitrogen and oxygen atoms in total. The van der Waals surface area contributed by atoms with E-state index in [0.717, 1.165) is 5.69 Å². The maximum Gasteiger partial charge on any atom is 0.491 e. The van der Waals surface area contributed by atoms with E-state index < -0.39 is 35.5 Å². The van der Waals surface area contributed by atoms with E-state index >= 15 is 0 Å². The fraction of sp³-hybridized carbons (Fsp3) is 0.360. The van der Waals surface area contributed by atoms with Crippen LogP contribution < -0.4 is 10.1 Å². The Morgan fingerprint density at radius 2 is 1.87 bits per heavy atom. The standard InChI is InChI=1S/C25H23ClF4N4O4/c1-14-12-20(34-33-14)32-19-7-2-4-15(31-19)13-24(22(35)38-23(36)25(28,29)30)10-8-16(9-11-24)37-18-6-3-5-17(26)21(18)27/h2-7,12,16H,8-11,13H2,1H3,(H2,31,32,33,34). The number of carbonyl (C=O) groups excluding carboxylic acids is 2. The van der Waals surface area contributed by atoms with Gasteiger partial charge in [-0.15, -0.1) is 0 Å². The average molecular weight is 555 g/mol. The topological polar surface area (TPSA) is 106 Å². The Kier molecular flexibility index (Phi) is 7.91. The number of benzene rings is 1. The molecule has 2 heterocycles. The van der Waals surface area contributed by atoms with E-state index in [4.69, 9.17) is 16.3 Å². The lowest BCUT2D eigenvalue weighted by Gasteiger charge is -2.37. The lowest BCUT2D eigenvalue weighted by atomic mass is 9.70. The van der Waals surface area contributed by atoms with Crippen molar-refractivity contribution in [3.63, 3.8) is 0 Å². The molecule has 1 fully saturated rings. The fourth-order valence-electron chi connectivity index (χ4n) is 4.33. The van der Waals surface area contributed by atoms with Crippen LogP contribution in [0.4, 0.5) is 29.2 Å². The van der Waals surface area contributed by atoms with Crippen molar-refractivity contribution in [2.24, 2.45) is 5.41 Å². The zero-order chi connectivity index (χ0) is 27.5. The normalized spacial score (nSPS) is 19.6. The molecule has 3 aromatic rings. The molecule has 4 rings (SSSR count). The third-order valence-electron chi connectivity index (χ3n) is 6.24. The summed E-state index contributed by atoms with van der Waals surface area (Å²) in [7, 11) is 0. The maximum atomic E-state index is 14.3. The highest BCUT2D eigenvalue weighted by Crippen LogP contribution is 2.42. The van der Waals surface area contributed by atoms with Gasteiger partial charge in [-0.2, -0.15) is 18.3 Å². The third-order valence-corrected chi connectivity index (χ3v) is 6.53. The molecule has 202 valence electrons. The van der Waals surface area contributed by atoms with E-state index in [9.17, 15) is 27.2 Å². The predicted octanol–water partition coefficient (Wildman–Crippen LogP) is 5.83. The zero-order valence-corrected chi connectivity index (χ0v) is 20.8. The second-order valence-corrected chi connectivity index (χ2v) is 9.48. The van der Waals surface area contributed by atoms with Gasteiger partial charge in [0.1, 0.15) is 5.82 Å². The molecule has 1 aliphatic rings. The van der Waals surface area contributed by atoms with E-state index in [1.165, 1.54) is 18.2 Å². The largest absolute Gasteiger partial charge is 0.491 e. The summed E-state index contributed by atoms with van der Waals surface area (Å²) in [6, 6.07) is 11.0. The second-order valence-electron chi connectivity index (χ2n) is 9.08. The Morgan fingerprint density at radius 1 is 1.16 bits per heavy atom. The number of ether oxygens (including phenoxy) is 2. The molecule has 0 saturated heterocycles. The number of H-pyrrole nitrogens is 1. The first kappa shape index (κ1) is 27.4. The quantitative estimate of drug-likeness (QED) is 0.215. The van der Waals surface area contributed by atoms with Gasteiger partial charge in [0, 0.05) is 23.9 Å². The van der Waals surface area contributed by atoms with Crippen molar-refractivity contribution >= 4 is 35.2 Å². The number of nitrogens with zero attached hydrogens (tertiary/aromatic N) is 2. The molecule has 0 radical (unpaired) electrons. The molecule has 0 atom stereocenters. The summed E-state index contributed by atoms with van der Waals surface area (Å²) >= 11 is 5.80.